The highest BCUT2D eigenvalue weighted by atomic mass is 32.1. The predicted octanol–water partition coefficient (Wildman–Crippen LogP) is 3.53. The Morgan fingerprint density at radius 3 is 2.95 bits per heavy atom. The molecule has 3 rings (SSSR count). The van der Waals surface area contributed by atoms with Crippen molar-refractivity contribution in [3.8, 4) is 0 Å². The van der Waals surface area contributed by atoms with Gasteiger partial charge >= 0.3 is 0 Å². The smallest absolute Gasteiger partial charge is 0.226 e. The van der Waals surface area contributed by atoms with Gasteiger partial charge in [-0.05, 0) is 30.0 Å². The molecular weight excluding hydrogens is 268 g/mol. The Labute approximate surface area is 123 Å². The maximum Gasteiger partial charge on any atom is 0.226 e. The molecule has 1 aliphatic heterocycles. The van der Waals surface area contributed by atoms with Crippen molar-refractivity contribution in [3.63, 3.8) is 0 Å². The van der Waals surface area contributed by atoms with Gasteiger partial charge in [0.1, 0.15) is 6.04 Å². The molecule has 0 bridgehead atoms. The van der Waals surface area contributed by atoms with E-state index in [1.807, 2.05) is 6.92 Å². The zero-order valence-electron chi connectivity index (χ0n) is 12.0. The second kappa shape index (κ2) is 5.44. The van der Waals surface area contributed by atoms with Crippen LogP contribution in [0.1, 0.15) is 36.9 Å². The number of carbonyl (C=O) groups is 1. The summed E-state index contributed by atoms with van der Waals surface area (Å²) in [6.45, 7) is 5.80. The fraction of sp³-hybridized carbons (Fsp3) is 0.438. The number of rotatable bonds is 3. The minimum atomic E-state index is 0.0836. The van der Waals surface area contributed by atoms with Crippen LogP contribution in [0.5, 0.6) is 0 Å². The van der Waals surface area contributed by atoms with Crippen LogP contribution < -0.4 is 0 Å². The van der Waals surface area contributed by atoms with Crippen LogP contribution in [0.2, 0.25) is 0 Å². The van der Waals surface area contributed by atoms with Crippen molar-refractivity contribution in [2.75, 3.05) is 6.54 Å². The average molecular weight is 288 g/mol. The van der Waals surface area contributed by atoms with Crippen LogP contribution in [-0.4, -0.2) is 21.9 Å². The van der Waals surface area contributed by atoms with Crippen LogP contribution in [-0.2, 0) is 11.3 Å². The van der Waals surface area contributed by atoms with E-state index in [1.165, 1.54) is 10.6 Å². The molecule has 2 aromatic heterocycles. The zero-order chi connectivity index (χ0) is 14.1. The summed E-state index contributed by atoms with van der Waals surface area (Å²) in [5.74, 6) is 0.373. The van der Waals surface area contributed by atoms with Crippen LogP contribution in [0, 0.1) is 5.92 Å². The zero-order valence-corrected chi connectivity index (χ0v) is 12.8. The SMILES string of the molecule is CC[C@H](C)C(=O)N1CCn2cccc2[C@@H]1c1cccs1. The summed E-state index contributed by atoms with van der Waals surface area (Å²) in [5.41, 5.74) is 1.23. The largest absolute Gasteiger partial charge is 0.347 e. The summed E-state index contributed by atoms with van der Waals surface area (Å²) in [6, 6.07) is 8.50. The van der Waals surface area contributed by atoms with E-state index in [2.05, 4.69) is 52.2 Å². The number of amides is 1. The molecule has 0 radical (unpaired) electrons. The maximum absolute atomic E-state index is 12.7. The molecular formula is C16H20N2OS. The van der Waals surface area contributed by atoms with Crippen molar-refractivity contribution < 1.29 is 4.79 Å². The van der Waals surface area contributed by atoms with Crippen molar-refractivity contribution in [2.45, 2.75) is 32.9 Å². The normalized spacial score (nSPS) is 19.7. The maximum atomic E-state index is 12.7. The van der Waals surface area contributed by atoms with Gasteiger partial charge in [0.25, 0.3) is 0 Å². The second-order valence-electron chi connectivity index (χ2n) is 5.39. The lowest BCUT2D eigenvalue weighted by molar-refractivity contribution is -0.137. The van der Waals surface area contributed by atoms with E-state index in [0.717, 1.165) is 19.5 Å². The minimum absolute atomic E-state index is 0.0836. The Bertz CT molecular complexity index is 587. The summed E-state index contributed by atoms with van der Waals surface area (Å²) in [5, 5.41) is 2.09. The molecule has 106 valence electrons. The number of thiophene rings is 1. The highest BCUT2D eigenvalue weighted by Gasteiger charge is 2.34. The number of nitrogens with zero attached hydrogens (tertiary/aromatic N) is 2. The first-order chi connectivity index (χ1) is 9.72. The molecule has 0 aromatic carbocycles. The molecule has 20 heavy (non-hydrogen) atoms. The Kier molecular flexibility index (Phi) is 3.66. The molecule has 0 N–H and O–H groups in total. The standard InChI is InChI=1S/C16H20N2OS/c1-3-12(2)16(19)18-10-9-17-8-4-6-13(17)15(18)14-7-5-11-20-14/h4-8,11-12,15H,3,9-10H2,1-2H3/t12-,15+/m0/s1. The number of carbonyl (C=O) groups excluding carboxylic acids is 1. The van der Waals surface area contributed by atoms with Crippen molar-refractivity contribution in [1.82, 2.24) is 9.47 Å². The van der Waals surface area contributed by atoms with E-state index < -0.39 is 0 Å². The van der Waals surface area contributed by atoms with Gasteiger partial charge in [-0.1, -0.05) is 19.9 Å². The third-order valence-electron chi connectivity index (χ3n) is 4.17. The summed E-state index contributed by atoms with van der Waals surface area (Å²) < 4.78 is 2.27. The molecule has 0 spiro atoms. The second-order valence-corrected chi connectivity index (χ2v) is 6.36. The average Bonchev–Trinajstić information content (AvgIpc) is 3.15. The van der Waals surface area contributed by atoms with Gasteiger partial charge in [0.2, 0.25) is 5.91 Å². The van der Waals surface area contributed by atoms with E-state index in [9.17, 15) is 4.79 Å². The highest BCUT2D eigenvalue weighted by molar-refractivity contribution is 7.10. The molecule has 0 aliphatic carbocycles. The van der Waals surface area contributed by atoms with Gasteiger partial charge in [-0.15, -0.1) is 11.3 Å². The van der Waals surface area contributed by atoms with Gasteiger partial charge in [0, 0.05) is 35.8 Å². The molecule has 1 amide bonds. The molecule has 4 heteroatoms. The molecule has 2 aromatic rings. The molecule has 1 aliphatic rings. The van der Waals surface area contributed by atoms with Crippen molar-refractivity contribution in [1.29, 1.82) is 0 Å². The van der Waals surface area contributed by atoms with Gasteiger partial charge in [-0.25, -0.2) is 0 Å². The Morgan fingerprint density at radius 1 is 1.40 bits per heavy atom. The van der Waals surface area contributed by atoms with E-state index in [0.29, 0.717) is 0 Å². The van der Waals surface area contributed by atoms with E-state index in [4.69, 9.17) is 0 Å². The van der Waals surface area contributed by atoms with Gasteiger partial charge in [0.05, 0.1) is 0 Å². The first kappa shape index (κ1) is 13.4. The van der Waals surface area contributed by atoms with Crippen molar-refractivity contribution in [2.24, 2.45) is 5.92 Å². The molecule has 0 fully saturated rings. The Hall–Kier alpha value is -1.55. The Morgan fingerprint density at radius 2 is 2.25 bits per heavy atom. The van der Waals surface area contributed by atoms with E-state index in [-0.39, 0.29) is 17.9 Å². The lowest BCUT2D eigenvalue weighted by atomic mass is 10.0. The van der Waals surface area contributed by atoms with Crippen LogP contribution in [0.4, 0.5) is 0 Å². The number of hydrogen-bond acceptors (Lipinski definition) is 2. The lowest BCUT2D eigenvalue weighted by Crippen LogP contribution is -2.44. The van der Waals surface area contributed by atoms with Gasteiger partial charge in [-0.3, -0.25) is 4.79 Å². The quantitative estimate of drug-likeness (QED) is 0.848. The van der Waals surface area contributed by atoms with Crippen LogP contribution in [0.3, 0.4) is 0 Å². The Balaban J connectivity index is 2.00. The number of hydrogen-bond donors (Lipinski definition) is 0. The van der Waals surface area contributed by atoms with E-state index in [1.54, 1.807) is 11.3 Å². The molecule has 0 saturated carbocycles. The predicted molar refractivity (Wildman–Crippen MR) is 81.8 cm³/mol. The molecule has 2 atom stereocenters. The van der Waals surface area contributed by atoms with Crippen molar-refractivity contribution >= 4 is 17.2 Å². The monoisotopic (exact) mass is 288 g/mol. The third-order valence-corrected chi connectivity index (χ3v) is 5.09. The molecule has 3 nitrogen and oxygen atoms in total. The first-order valence-electron chi connectivity index (χ1n) is 7.21. The van der Waals surface area contributed by atoms with Crippen LogP contribution in [0.25, 0.3) is 0 Å². The summed E-state index contributed by atoms with van der Waals surface area (Å²) in [4.78, 5) is 16.0. The fourth-order valence-corrected chi connectivity index (χ4v) is 3.67. The topological polar surface area (TPSA) is 25.2 Å². The molecule has 0 unspecified atom stereocenters. The summed E-state index contributed by atoms with van der Waals surface area (Å²) >= 11 is 1.73. The van der Waals surface area contributed by atoms with Gasteiger partial charge in [-0.2, -0.15) is 0 Å². The molecule has 0 saturated heterocycles. The van der Waals surface area contributed by atoms with Crippen LogP contribution in [0.15, 0.2) is 35.8 Å². The summed E-state index contributed by atoms with van der Waals surface area (Å²) in [7, 11) is 0. The first-order valence-corrected chi connectivity index (χ1v) is 8.09. The van der Waals surface area contributed by atoms with Crippen molar-refractivity contribution in [3.05, 3.63) is 46.4 Å². The highest BCUT2D eigenvalue weighted by Crippen LogP contribution is 2.35. The number of fused-ring (bicyclic) bond motifs is 1. The van der Waals surface area contributed by atoms with Crippen LogP contribution >= 0.6 is 11.3 Å². The fourth-order valence-electron chi connectivity index (χ4n) is 2.82. The molecule has 3 heterocycles. The van der Waals surface area contributed by atoms with Gasteiger partial charge < -0.3 is 9.47 Å². The lowest BCUT2D eigenvalue weighted by Gasteiger charge is -2.38. The third kappa shape index (κ3) is 2.18. The van der Waals surface area contributed by atoms with E-state index >= 15 is 0 Å². The minimum Gasteiger partial charge on any atom is -0.347 e. The van der Waals surface area contributed by atoms with Gasteiger partial charge in [0.15, 0.2) is 0 Å². The number of aromatic nitrogens is 1. The summed E-state index contributed by atoms with van der Waals surface area (Å²) in [6.07, 6.45) is 3.01.